The van der Waals surface area contributed by atoms with Crippen molar-refractivity contribution in [2.75, 3.05) is 6.54 Å². The summed E-state index contributed by atoms with van der Waals surface area (Å²) in [6, 6.07) is 0. The van der Waals surface area contributed by atoms with Gasteiger partial charge in [-0.25, -0.2) is 0 Å². The highest BCUT2D eigenvalue weighted by Crippen LogP contribution is 2.24. The average Bonchev–Trinajstić information content (AvgIpc) is 2.33. The highest BCUT2D eigenvalue weighted by atomic mass is 16.5. The van der Waals surface area contributed by atoms with Gasteiger partial charge in [-0.2, -0.15) is 0 Å². The van der Waals surface area contributed by atoms with Gasteiger partial charge in [-0.3, -0.25) is 4.79 Å². The molecule has 0 fully saturated rings. The van der Waals surface area contributed by atoms with Gasteiger partial charge < -0.3 is 4.74 Å². The van der Waals surface area contributed by atoms with Crippen LogP contribution in [-0.2, 0) is 9.53 Å². The molecule has 100 valence electrons. The lowest BCUT2D eigenvalue weighted by Gasteiger charge is -2.20. The second-order valence-corrected chi connectivity index (χ2v) is 4.63. The molecule has 18 heavy (non-hydrogen) atoms. The summed E-state index contributed by atoms with van der Waals surface area (Å²) in [7, 11) is 0. The Bertz CT molecular complexity index is 346. The van der Waals surface area contributed by atoms with Crippen LogP contribution in [0.2, 0.25) is 0 Å². The number of hydrogen-bond acceptors (Lipinski definition) is 3. The van der Waals surface area contributed by atoms with E-state index in [1.807, 2.05) is 0 Å². The summed E-state index contributed by atoms with van der Waals surface area (Å²) in [6.45, 7) is 2.05. The number of carbonyl (C=O) groups excluding carboxylic acids is 1. The number of azide groups is 1. The first-order valence-corrected chi connectivity index (χ1v) is 6.60. The van der Waals surface area contributed by atoms with Gasteiger partial charge in [0.05, 0.1) is 0 Å². The first kappa shape index (κ1) is 14.6. The standard InChI is InChI=1S/C13H21N3O2/c1-11(17)18-13-8-5-7-12(10-13)6-3-2-4-9-15-16-14/h10,13H,2-9H2,1H3. The molecule has 0 aromatic heterocycles. The molecule has 0 heterocycles. The molecule has 0 bridgehead atoms. The van der Waals surface area contributed by atoms with Crippen molar-refractivity contribution in [3.8, 4) is 0 Å². The van der Waals surface area contributed by atoms with Crippen LogP contribution in [0.1, 0.15) is 51.9 Å². The zero-order valence-corrected chi connectivity index (χ0v) is 11.0. The molecule has 5 heteroatoms. The normalized spacial score (nSPS) is 18.7. The Kier molecular flexibility index (Phi) is 6.96. The third-order valence-electron chi connectivity index (χ3n) is 3.04. The molecular formula is C13H21N3O2. The molecule has 0 amide bonds. The van der Waals surface area contributed by atoms with E-state index < -0.39 is 0 Å². The minimum absolute atomic E-state index is 0.0190. The van der Waals surface area contributed by atoms with E-state index in [4.69, 9.17) is 10.3 Å². The number of hydrogen-bond donors (Lipinski definition) is 0. The minimum Gasteiger partial charge on any atom is -0.458 e. The van der Waals surface area contributed by atoms with Crippen molar-refractivity contribution in [1.29, 1.82) is 0 Å². The van der Waals surface area contributed by atoms with Gasteiger partial charge in [-0.05, 0) is 50.1 Å². The molecule has 0 saturated heterocycles. The average molecular weight is 251 g/mol. The Morgan fingerprint density at radius 2 is 2.39 bits per heavy atom. The zero-order valence-electron chi connectivity index (χ0n) is 11.0. The fourth-order valence-electron chi connectivity index (χ4n) is 2.23. The Hall–Kier alpha value is -1.48. The van der Waals surface area contributed by atoms with E-state index in [2.05, 4.69) is 16.1 Å². The molecule has 0 aromatic rings. The zero-order chi connectivity index (χ0) is 13.2. The van der Waals surface area contributed by atoms with Crippen molar-refractivity contribution < 1.29 is 9.53 Å². The topological polar surface area (TPSA) is 75.1 Å². The molecule has 1 rings (SSSR count). The maximum atomic E-state index is 10.9. The molecule has 1 unspecified atom stereocenters. The van der Waals surface area contributed by atoms with Gasteiger partial charge in [0.1, 0.15) is 6.10 Å². The van der Waals surface area contributed by atoms with Crippen LogP contribution in [-0.4, -0.2) is 18.6 Å². The van der Waals surface area contributed by atoms with Crippen molar-refractivity contribution in [1.82, 2.24) is 0 Å². The lowest BCUT2D eigenvalue weighted by atomic mass is 9.93. The van der Waals surface area contributed by atoms with Crippen molar-refractivity contribution >= 4 is 5.97 Å². The van der Waals surface area contributed by atoms with Gasteiger partial charge in [0.25, 0.3) is 0 Å². The van der Waals surface area contributed by atoms with Crippen LogP contribution < -0.4 is 0 Å². The van der Waals surface area contributed by atoms with Crippen LogP contribution in [0.25, 0.3) is 10.4 Å². The van der Waals surface area contributed by atoms with Crippen LogP contribution in [0.3, 0.4) is 0 Å². The number of rotatable bonds is 7. The van der Waals surface area contributed by atoms with Crippen molar-refractivity contribution in [3.63, 3.8) is 0 Å². The van der Waals surface area contributed by atoms with Gasteiger partial charge in [0, 0.05) is 18.4 Å². The SMILES string of the molecule is CC(=O)OC1C=C(CCCCCN=[N+]=[N-])CCC1. The quantitative estimate of drug-likeness (QED) is 0.172. The maximum absolute atomic E-state index is 10.9. The molecule has 0 aliphatic heterocycles. The van der Waals surface area contributed by atoms with E-state index in [9.17, 15) is 4.79 Å². The summed E-state index contributed by atoms with van der Waals surface area (Å²) in [5, 5.41) is 3.51. The van der Waals surface area contributed by atoms with E-state index in [1.165, 1.54) is 12.5 Å². The Balaban J connectivity index is 2.21. The Labute approximate surface area is 108 Å². The van der Waals surface area contributed by atoms with Gasteiger partial charge in [0.15, 0.2) is 0 Å². The van der Waals surface area contributed by atoms with Crippen LogP contribution in [0.5, 0.6) is 0 Å². The molecule has 1 aliphatic rings. The molecule has 0 radical (unpaired) electrons. The summed E-state index contributed by atoms with van der Waals surface area (Å²) in [4.78, 5) is 13.6. The summed E-state index contributed by atoms with van der Waals surface area (Å²) >= 11 is 0. The van der Waals surface area contributed by atoms with Crippen LogP contribution in [0.4, 0.5) is 0 Å². The number of nitrogens with zero attached hydrogens (tertiary/aromatic N) is 3. The predicted molar refractivity (Wildman–Crippen MR) is 70.0 cm³/mol. The molecule has 0 N–H and O–H groups in total. The minimum atomic E-state index is -0.202. The summed E-state index contributed by atoms with van der Waals surface area (Å²) in [5.41, 5.74) is 9.53. The van der Waals surface area contributed by atoms with Crippen LogP contribution >= 0.6 is 0 Å². The fourth-order valence-corrected chi connectivity index (χ4v) is 2.23. The number of esters is 1. The van der Waals surface area contributed by atoms with E-state index in [-0.39, 0.29) is 12.1 Å². The van der Waals surface area contributed by atoms with Gasteiger partial charge >= 0.3 is 5.97 Å². The van der Waals surface area contributed by atoms with Crippen LogP contribution in [0.15, 0.2) is 16.8 Å². The van der Waals surface area contributed by atoms with Gasteiger partial charge in [-0.15, -0.1) is 0 Å². The van der Waals surface area contributed by atoms with E-state index >= 15 is 0 Å². The number of carbonyl (C=O) groups is 1. The highest BCUT2D eigenvalue weighted by molar-refractivity contribution is 5.66. The Morgan fingerprint density at radius 3 is 3.11 bits per heavy atom. The van der Waals surface area contributed by atoms with Gasteiger partial charge in [0.2, 0.25) is 0 Å². The Morgan fingerprint density at radius 1 is 1.56 bits per heavy atom. The van der Waals surface area contributed by atoms with Crippen molar-refractivity contribution in [2.45, 2.75) is 58.0 Å². The first-order valence-electron chi connectivity index (χ1n) is 6.60. The summed E-state index contributed by atoms with van der Waals surface area (Å²) in [6.07, 6.45) is 9.45. The molecule has 5 nitrogen and oxygen atoms in total. The molecule has 0 aromatic carbocycles. The number of ether oxygens (including phenoxy) is 1. The smallest absolute Gasteiger partial charge is 0.303 e. The fraction of sp³-hybridized carbons (Fsp3) is 0.769. The molecular weight excluding hydrogens is 230 g/mol. The predicted octanol–water partition coefficient (Wildman–Crippen LogP) is 3.90. The highest BCUT2D eigenvalue weighted by Gasteiger charge is 2.15. The largest absolute Gasteiger partial charge is 0.458 e. The lowest BCUT2D eigenvalue weighted by molar-refractivity contribution is -0.144. The van der Waals surface area contributed by atoms with E-state index in [1.54, 1.807) is 0 Å². The monoisotopic (exact) mass is 251 g/mol. The summed E-state index contributed by atoms with van der Waals surface area (Å²) < 4.78 is 5.21. The lowest BCUT2D eigenvalue weighted by Crippen LogP contribution is -2.17. The van der Waals surface area contributed by atoms with Crippen molar-refractivity contribution in [2.24, 2.45) is 5.11 Å². The van der Waals surface area contributed by atoms with Crippen LogP contribution in [0, 0.1) is 0 Å². The molecule has 1 atom stereocenters. The summed E-state index contributed by atoms with van der Waals surface area (Å²) in [5.74, 6) is -0.202. The maximum Gasteiger partial charge on any atom is 0.303 e. The number of allylic oxidation sites excluding steroid dienone is 1. The van der Waals surface area contributed by atoms with E-state index in [0.717, 1.165) is 44.9 Å². The van der Waals surface area contributed by atoms with Gasteiger partial charge in [-0.1, -0.05) is 17.1 Å². The second-order valence-electron chi connectivity index (χ2n) is 4.63. The first-order chi connectivity index (χ1) is 8.72. The molecule has 0 saturated carbocycles. The number of unbranched alkanes of at least 4 members (excludes halogenated alkanes) is 2. The molecule has 0 spiro atoms. The van der Waals surface area contributed by atoms with E-state index in [0.29, 0.717) is 6.54 Å². The second kappa shape index (κ2) is 8.59. The third kappa shape index (κ3) is 6.30. The van der Waals surface area contributed by atoms with Crippen molar-refractivity contribution in [3.05, 3.63) is 22.1 Å². The molecule has 1 aliphatic carbocycles. The third-order valence-corrected chi connectivity index (χ3v) is 3.04.